The average molecular weight is 499 g/mol. The number of hydrogen-bond donors (Lipinski definition) is 2. The summed E-state index contributed by atoms with van der Waals surface area (Å²) >= 11 is 0. The first-order valence-corrected chi connectivity index (χ1v) is 10.4. The zero-order chi connectivity index (χ0) is 18.8. The van der Waals surface area contributed by atoms with Crippen LogP contribution in [0.2, 0.25) is 0 Å². The molecule has 0 saturated carbocycles. The molecule has 27 heavy (non-hydrogen) atoms. The minimum atomic E-state index is -0.994. The smallest absolute Gasteiger partial charge is 0.191 e. The lowest BCUT2D eigenvalue weighted by Crippen LogP contribution is -2.39. The summed E-state index contributed by atoms with van der Waals surface area (Å²) < 4.78 is 12.3. The predicted molar refractivity (Wildman–Crippen MR) is 127 cm³/mol. The molecule has 2 aromatic rings. The molecule has 0 bridgehead atoms. The van der Waals surface area contributed by atoms with E-state index in [4.69, 9.17) is 0 Å². The molecule has 0 aromatic heterocycles. The van der Waals surface area contributed by atoms with E-state index in [0.717, 1.165) is 17.4 Å². The summed E-state index contributed by atoms with van der Waals surface area (Å²) in [5.74, 6) is 1.68. The van der Waals surface area contributed by atoms with E-state index < -0.39 is 10.8 Å². The number of benzene rings is 2. The highest BCUT2D eigenvalue weighted by Gasteiger charge is 2.07. The highest BCUT2D eigenvalue weighted by Crippen LogP contribution is 2.15. The van der Waals surface area contributed by atoms with Crippen molar-refractivity contribution in [1.82, 2.24) is 10.6 Å². The molecule has 2 rings (SSSR count). The van der Waals surface area contributed by atoms with E-state index in [0.29, 0.717) is 24.8 Å². The summed E-state index contributed by atoms with van der Waals surface area (Å²) in [4.78, 5) is 5.54. The zero-order valence-electron chi connectivity index (χ0n) is 16.3. The summed E-state index contributed by atoms with van der Waals surface area (Å²) in [5.41, 5.74) is 2.56. The molecule has 0 aliphatic heterocycles. The van der Waals surface area contributed by atoms with Gasteiger partial charge in [-0.15, -0.1) is 24.0 Å². The number of rotatable bonds is 8. The number of aliphatic imine (C=N–C) groups is 1. The third-order valence-corrected chi connectivity index (χ3v) is 5.47. The maximum absolute atomic E-state index is 12.3. The summed E-state index contributed by atoms with van der Waals surface area (Å²) in [7, 11) is -0.994. The van der Waals surface area contributed by atoms with Crippen LogP contribution >= 0.6 is 24.0 Å². The lowest BCUT2D eigenvalue weighted by atomic mass is 10.0. The van der Waals surface area contributed by atoms with Crippen LogP contribution in [-0.4, -0.2) is 35.6 Å². The molecule has 2 N–H and O–H groups in total. The van der Waals surface area contributed by atoms with Gasteiger partial charge in [0.2, 0.25) is 0 Å². The van der Waals surface area contributed by atoms with E-state index in [2.05, 4.69) is 53.7 Å². The van der Waals surface area contributed by atoms with Crippen LogP contribution in [0.5, 0.6) is 0 Å². The first-order chi connectivity index (χ1) is 12.6. The summed E-state index contributed by atoms with van der Waals surface area (Å²) in [5, 5.41) is 6.54. The Kier molecular flexibility index (Phi) is 11.3. The first kappa shape index (κ1) is 23.6. The Morgan fingerprint density at radius 3 is 2.37 bits per heavy atom. The number of halogens is 1. The number of guanidine groups is 1. The monoisotopic (exact) mass is 499 g/mol. The van der Waals surface area contributed by atoms with Crippen molar-refractivity contribution in [3.05, 3.63) is 65.7 Å². The summed E-state index contributed by atoms with van der Waals surface area (Å²) in [6.07, 6.45) is 0. The molecule has 148 valence electrons. The molecule has 0 spiro atoms. The highest BCUT2D eigenvalue weighted by atomic mass is 127. The standard InChI is InChI=1S/C21H29N3OS.HI/c1-4-22-21(23-14-15-26(25)20-8-6-5-7-9-20)24-16-18(3)19-12-10-17(2)11-13-19;/h5-13,18H,4,14-16H2,1-3H3,(H2,22,23,24);1H. The van der Waals surface area contributed by atoms with Gasteiger partial charge in [0.25, 0.3) is 0 Å². The fraction of sp³-hybridized carbons (Fsp3) is 0.381. The highest BCUT2D eigenvalue weighted by molar-refractivity contribution is 14.0. The molecule has 0 fully saturated rings. The van der Waals surface area contributed by atoms with Gasteiger partial charge in [-0.05, 0) is 31.5 Å². The molecule has 0 radical (unpaired) electrons. The van der Waals surface area contributed by atoms with E-state index in [1.54, 1.807) is 0 Å². The minimum Gasteiger partial charge on any atom is -0.357 e. The minimum absolute atomic E-state index is 0. The fourth-order valence-electron chi connectivity index (χ4n) is 2.52. The second kappa shape index (κ2) is 12.9. The maximum Gasteiger partial charge on any atom is 0.191 e. The van der Waals surface area contributed by atoms with Crippen molar-refractivity contribution in [2.24, 2.45) is 4.99 Å². The van der Waals surface area contributed by atoms with E-state index in [1.165, 1.54) is 11.1 Å². The van der Waals surface area contributed by atoms with Gasteiger partial charge in [0, 0.05) is 36.2 Å². The Bertz CT molecular complexity index is 720. The molecule has 0 aliphatic carbocycles. The third kappa shape index (κ3) is 8.43. The maximum atomic E-state index is 12.3. The van der Waals surface area contributed by atoms with Crippen molar-refractivity contribution in [2.75, 3.05) is 25.4 Å². The Morgan fingerprint density at radius 2 is 1.74 bits per heavy atom. The quantitative estimate of drug-likeness (QED) is 0.327. The average Bonchev–Trinajstić information content (AvgIpc) is 2.67. The van der Waals surface area contributed by atoms with Crippen LogP contribution < -0.4 is 10.6 Å². The molecule has 2 aromatic carbocycles. The molecular weight excluding hydrogens is 469 g/mol. The van der Waals surface area contributed by atoms with Crippen molar-refractivity contribution >= 4 is 40.7 Å². The van der Waals surface area contributed by atoms with E-state index >= 15 is 0 Å². The number of aryl methyl sites for hydroxylation is 1. The van der Waals surface area contributed by atoms with Crippen LogP contribution in [0.4, 0.5) is 0 Å². The van der Waals surface area contributed by atoms with Crippen LogP contribution in [-0.2, 0) is 10.8 Å². The third-order valence-electron chi connectivity index (χ3n) is 4.10. The lowest BCUT2D eigenvalue weighted by Gasteiger charge is -2.14. The SMILES string of the molecule is CCNC(=NCC(C)c1ccc(C)cc1)NCCS(=O)c1ccccc1.I. The van der Waals surface area contributed by atoms with Gasteiger partial charge in [-0.1, -0.05) is 55.0 Å². The Balaban J connectivity index is 0.00000364. The second-order valence-corrected chi connectivity index (χ2v) is 7.89. The molecule has 6 heteroatoms. The van der Waals surface area contributed by atoms with Gasteiger partial charge in [-0.2, -0.15) is 0 Å². The predicted octanol–water partition coefficient (Wildman–Crippen LogP) is 4.08. The van der Waals surface area contributed by atoms with E-state index in [-0.39, 0.29) is 24.0 Å². The van der Waals surface area contributed by atoms with Crippen LogP contribution in [0.1, 0.15) is 30.9 Å². The lowest BCUT2D eigenvalue weighted by molar-refractivity contribution is 0.681. The number of nitrogens with one attached hydrogen (secondary N) is 2. The largest absolute Gasteiger partial charge is 0.357 e. The zero-order valence-corrected chi connectivity index (χ0v) is 19.4. The molecule has 0 aliphatic rings. The molecule has 2 atom stereocenters. The first-order valence-electron chi connectivity index (χ1n) is 9.12. The summed E-state index contributed by atoms with van der Waals surface area (Å²) in [6.45, 7) is 8.45. The van der Waals surface area contributed by atoms with Gasteiger partial charge in [0.05, 0.1) is 10.8 Å². The molecule has 0 heterocycles. The normalized spacial score (nSPS) is 13.4. The molecule has 0 saturated heterocycles. The number of nitrogens with zero attached hydrogens (tertiary/aromatic N) is 1. The van der Waals surface area contributed by atoms with Gasteiger partial charge < -0.3 is 10.6 Å². The van der Waals surface area contributed by atoms with Gasteiger partial charge in [-0.3, -0.25) is 9.20 Å². The molecule has 4 nitrogen and oxygen atoms in total. The van der Waals surface area contributed by atoms with Crippen LogP contribution in [0, 0.1) is 6.92 Å². The van der Waals surface area contributed by atoms with Gasteiger partial charge in [0.1, 0.15) is 0 Å². The van der Waals surface area contributed by atoms with Gasteiger partial charge in [-0.25, -0.2) is 0 Å². The van der Waals surface area contributed by atoms with Crippen LogP contribution in [0.25, 0.3) is 0 Å². The van der Waals surface area contributed by atoms with Crippen LogP contribution in [0.15, 0.2) is 64.5 Å². The summed E-state index contributed by atoms with van der Waals surface area (Å²) in [6, 6.07) is 18.2. The van der Waals surface area contributed by atoms with Gasteiger partial charge in [0.15, 0.2) is 5.96 Å². The van der Waals surface area contributed by atoms with Gasteiger partial charge >= 0.3 is 0 Å². The van der Waals surface area contributed by atoms with Crippen molar-refractivity contribution in [3.63, 3.8) is 0 Å². The second-order valence-electron chi connectivity index (χ2n) is 6.32. The van der Waals surface area contributed by atoms with Crippen molar-refractivity contribution < 1.29 is 4.21 Å². The fourth-order valence-corrected chi connectivity index (χ4v) is 3.51. The topological polar surface area (TPSA) is 53.5 Å². The van der Waals surface area contributed by atoms with Crippen molar-refractivity contribution in [1.29, 1.82) is 0 Å². The Morgan fingerprint density at radius 1 is 1.07 bits per heavy atom. The Labute approximate surface area is 182 Å². The van der Waals surface area contributed by atoms with E-state index in [9.17, 15) is 4.21 Å². The van der Waals surface area contributed by atoms with E-state index in [1.807, 2.05) is 37.3 Å². The Hall–Kier alpha value is -1.41. The molecular formula is C21H30IN3OS. The van der Waals surface area contributed by atoms with Crippen LogP contribution in [0.3, 0.4) is 0 Å². The molecule has 0 amide bonds. The van der Waals surface area contributed by atoms with Crippen molar-refractivity contribution in [2.45, 2.75) is 31.6 Å². The number of hydrogen-bond acceptors (Lipinski definition) is 2. The van der Waals surface area contributed by atoms with Crippen molar-refractivity contribution in [3.8, 4) is 0 Å². The molecule has 2 unspecified atom stereocenters.